The van der Waals surface area contributed by atoms with Crippen molar-refractivity contribution < 1.29 is 14.3 Å². The van der Waals surface area contributed by atoms with E-state index in [-0.39, 0.29) is 11.9 Å². The second kappa shape index (κ2) is 10.7. The Bertz CT molecular complexity index is 938. The van der Waals surface area contributed by atoms with Crippen LogP contribution >= 0.6 is 10.0 Å². The van der Waals surface area contributed by atoms with Crippen molar-refractivity contribution in [1.29, 1.82) is 0 Å². The highest BCUT2D eigenvalue weighted by molar-refractivity contribution is 8.32. The number of carbonyl (C=O) groups excluding carboxylic acids is 1. The van der Waals surface area contributed by atoms with Gasteiger partial charge in [0.2, 0.25) is 0 Å². The van der Waals surface area contributed by atoms with Crippen LogP contribution in [0.15, 0.2) is 36.4 Å². The Kier molecular flexibility index (Phi) is 7.91. The zero-order valence-corrected chi connectivity index (χ0v) is 21.7. The van der Waals surface area contributed by atoms with Crippen molar-refractivity contribution in [2.24, 2.45) is 5.92 Å². The summed E-state index contributed by atoms with van der Waals surface area (Å²) in [5, 5.41) is 3.40. The molecule has 5 heteroatoms. The number of carbonyl (C=O) groups is 1. The van der Waals surface area contributed by atoms with E-state index in [1.807, 2.05) is 6.92 Å². The lowest BCUT2D eigenvalue weighted by Gasteiger charge is -2.40. The van der Waals surface area contributed by atoms with Gasteiger partial charge < -0.3 is 9.47 Å². The second-order valence-corrected chi connectivity index (χ2v) is 15.1. The lowest BCUT2D eigenvalue weighted by atomic mass is 9.96. The molecule has 0 aromatic heterocycles. The Hall–Kier alpha value is -1.72. The molecule has 2 aromatic carbocycles. The number of ether oxygens (including phenoxy) is 2. The number of likely N-dealkylation sites (tertiary alicyclic amines) is 1. The molecule has 0 unspecified atom stereocenters. The van der Waals surface area contributed by atoms with Gasteiger partial charge in [-0.15, -0.1) is 0 Å². The van der Waals surface area contributed by atoms with Crippen LogP contribution in [0.1, 0.15) is 51.0 Å². The average molecular weight is 472 g/mol. The average Bonchev–Trinajstić information content (AvgIpc) is 2.79. The maximum absolute atomic E-state index is 12.0. The minimum absolute atomic E-state index is 0.0239. The number of piperidine rings is 1. The Balaban J connectivity index is 1.31. The number of rotatable bonds is 7. The fourth-order valence-electron chi connectivity index (χ4n) is 5.34. The fourth-order valence-corrected chi connectivity index (χ4v) is 7.03. The minimum atomic E-state index is -0.455. The first-order valence-corrected chi connectivity index (χ1v) is 15.5. The van der Waals surface area contributed by atoms with Crippen LogP contribution < -0.4 is 4.74 Å². The van der Waals surface area contributed by atoms with Crippen molar-refractivity contribution in [1.82, 2.24) is 4.90 Å². The van der Waals surface area contributed by atoms with Gasteiger partial charge in [0.05, 0.1) is 18.6 Å². The molecule has 2 fully saturated rings. The molecule has 0 bridgehead atoms. The van der Waals surface area contributed by atoms with Crippen LogP contribution in [0.4, 0.5) is 0 Å². The Morgan fingerprint density at radius 2 is 1.61 bits per heavy atom. The van der Waals surface area contributed by atoms with Crippen LogP contribution in [0, 0.1) is 5.92 Å². The first-order chi connectivity index (χ1) is 15.8. The summed E-state index contributed by atoms with van der Waals surface area (Å²) in [5.41, 5.74) is 1.33. The van der Waals surface area contributed by atoms with Gasteiger partial charge in [-0.3, -0.25) is 9.69 Å². The van der Waals surface area contributed by atoms with Crippen LogP contribution in [-0.2, 0) is 16.1 Å². The van der Waals surface area contributed by atoms with E-state index < -0.39 is 10.0 Å². The van der Waals surface area contributed by atoms with Crippen molar-refractivity contribution in [2.75, 3.05) is 38.5 Å². The van der Waals surface area contributed by atoms with Crippen molar-refractivity contribution in [3.8, 4) is 5.75 Å². The predicted octanol–water partition coefficient (Wildman–Crippen LogP) is 6.00. The van der Waals surface area contributed by atoms with Crippen molar-refractivity contribution >= 4 is 26.8 Å². The Labute approximate surface area is 201 Å². The van der Waals surface area contributed by atoms with E-state index in [1.54, 1.807) is 0 Å². The lowest BCUT2D eigenvalue weighted by molar-refractivity contribution is -0.149. The van der Waals surface area contributed by atoms with Crippen molar-refractivity contribution in [3.05, 3.63) is 42.0 Å². The third kappa shape index (κ3) is 6.45. The van der Waals surface area contributed by atoms with Gasteiger partial charge in [0.25, 0.3) is 0 Å². The van der Waals surface area contributed by atoms with E-state index >= 15 is 0 Å². The van der Waals surface area contributed by atoms with Gasteiger partial charge in [0, 0.05) is 6.54 Å². The SMILES string of the molecule is CCOC(=O)C1CCN(Cc2ccc3cc(OC4CCC(S(C)(C)C)CC4)ccc3c2)CC1. The molecule has 4 nitrogen and oxygen atoms in total. The monoisotopic (exact) mass is 471 g/mol. The van der Waals surface area contributed by atoms with E-state index in [9.17, 15) is 4.79 Å². The second-order valence-electron chi connectivity index (χ2n) is 10.6. The van der Waals surface area contributed by atoms with Gasteiger partial charge in [-0.2, -0.15) is 0 Å². The summed E-state index contributed by atoms with van der Waals surface area (Å²) in [6.45, 7) is 5.19. The largest absolute Gasteiger partial charge is 0.490 e. The Morgan fingerprint density at radius 1 is 0.939 bits per heavy atom. The molecule has 182 valence electrons. The highest BCUT2D eigenvalue weighted by atomic mass is 32.3. The minimum Gasteiger partial charge on any atom is -0.490 e. The predicted molar refractivity (Wildman–Crippen MR) is 141 cm³/mol. The lowest BCUT2D eigenvalue weighted by Crippen LogP contribution is -2.36. The molecule has 1 saturated heterocycles. The van der Waals surface area contributed by atoms with Gasteiger partial charge in [0.1, 0.15) is 5.75 Å². The number of fused-ring (bicyclic) bond motifs is 1. The molecule has 1 heterocycles. The standard InChI is InChI=1S/C28H41NO3S/c1-5-31-28(30)22-14-16-29(17-15-22)20-21-6-7-24-19-26(9-8-23(24)18-21)32-25-10-12-27(13-11-25)33(2,3)4/h6-9,18-19,22,25,27H,5,10-17,20H2,1-4H3. The summed E-state index contributed by atoms with van der Waals surface area (Å²) in [4.78, 5) is 14.4. The normalized spacial score (nSPS) is 23.4. The molecule has 1 aliphatic carbocycles. The summed E-state index contributed by atoms with van der Waals surface area (Å²) in [5.74, 6) is 1.05. The molecule has 1 saturated carbocycles. The highest BCUT2D eigenvalue weighted by Crippen LogP contribution is 2.48. The topological polar surface area (TPSA) is 38.8 Å². The molecule has 2 aliphatic rings. The van der Waals surface area contributed by atoms with Gasteiger partial charge in [-0.1, -0.05) is 18.2 Å². The molecular formula is C28H41NO3S. The number of hydrogen-bond donors (Lipinski definition) is 0. The summed E-state index contributed by atoms with van der Waals surface area (Å²) in [6, 6.07) is 13.3. The molecule has 0 atom stereocenters. The molecular weight excluding hydrogens is 430 g/mol. The quantitative estimate of drug-likeness (QED) is 0.464. The molecule has 4 rings (SSSR count). The van der Waals surface area contributed by atoms with E-state index in [1.165, 1.54) is 42.0 Å². The van der Waals surface area contributed by atoms with Gasteiger partial charge in [-0.25, -0.2) is 10.0 Å². The van der Waals surface area contributed by atoms with E-state index in [4.69, 9.17) is 9.47 Å². The summed E-state index contributed by atoms with van der Waals surface area (Å²) < 4.78 is 11.6. The maximum atomic E-state index is 12.0. The number of hydrogen-bond acceptors (Lipinski definition) is 4. The number of benzene rings is 2. The molecule has 0 spiro atoms. The van der Waals surface area contributed by atoms with Gasteiger partial charge in [-0.05, 0) is 117 Å². The van der Waals surface area contributed by atoms with E-state index in [2.05, 4.69) is 60.1 Å². The first-order valence-electron chi connectivity index (χ1n) is 12.6. The first kappa shape index (κ1) is 24.4. The molecule has 0 amide bonds. The summed E-state index contributed by atoms with van der Waals surface area (Å²) in [6.07, 6.45) is 14.5. The number of esters is 1. The summed E-state index contributed by atoms with van der Waals surface area (Å²) >= 11 is 0. The van der Waals surface area contributed by atoms with E-state index in [0.717, 1.165) is 43.5 Å². The zero-order valence-electron chi connectivity index (χ0n) is 20.8. The molecule has 1 aliphatic heterocycles. The number of nitrogens with zero attached hydrogens (tertiary/aromatic N) is 1. The third-order valence-corrected chi connectivity index (χ3v) is 9.89. The maximum Gasteiger partial charge on any atom is 0.309 e. The highest BCUT2D eigenvalue weighted by Gasteiger charge is 2.28. The molecule has 33 heavy (non-hydrogen) atoms. The fraction of sp³-hybridized carbons (Fsp3) is 0.607. The zero-order chi connectivity index (χ0) is 23.4. The van der Waals surface area contributed by atoms with Crippen molar-refractivity contribution in [3.63, 3.8) is 0 Å². The molecule has 0 N–H and O–H groups in total. The van der Waals surface area contributed by atoms with Crippen LogP contribution in [-0.4, -0.2) is 60.7 Å². The summed E-state index contributed by atoms with van der Waals surface area (Å²) in [7, 11) is -0.455. The van der Waals surface area contributed by atoms with Crippen LogP contribution in [0.2, 0.25) is 0 Å². The smallest absolute Gasteiger partial charge is 0.309 e. The Morgan fingerprint density at radius 3 is 2.27 bits per heavy atom. The molecule has 2 aromatic rings. The van der Waals surface area contributed by atoms with Crippen LogP contribution in [0.3, 0.4) is 0 Å². The van der Waals surface area contributed by atoms with Gasteiger partial charge >= 0.3 is 5.97 Å². The van der Waals surface area contributed by atoms with Crippen molar-refractivity contribution in [2.45, 2.75) is 63.3 Å². The van der Waals surface area contributed by atoms with Gasteiger partial charge in [0.15, 0.2) is 0 Å². The third-order valence-electron chi connectivity index (χ3n) is 7.41. The van der Waals surface area contributed by atoms with Crippen LogP contribution in [0.5, 0.6) is 5.75 Å². The van der Waals surface area contributed by atoms with Crippen LogP contribution in [0.25, 0.3) is 10.8 Å². The van der Waals surface area contributed by atoms with E-state index in [0.29, 0.717) is 12.7 Å². The molecule has 0 radical (unpaired) electrons.